The molecule has 3 rings (SSSR count). The molecule has 0 spiro atoms. The fourth-order valence-electron chi connectivity index (χ4n) is 5.16. The molecule has 6 atom stereocenters. The van der Waals surface area contributed by atoms with Gasteiger partial charge in [-0.1, -0.05) is 44.4 Å². The van der Waals surface area contributed by atoms with Crippen molar-refractivity contribution < 1.29 is 23.9 Å². The summed E-state index contributed by atoms with van der Waals surface area (Å²) in [5.74, 6) is -2.14. The third kappa shape index (κ3) is 9.09. The van der Waals surface area contributed by atoms with Crippen LogP contribution in [0.2, 0.25) is 0 Å². The number of allylic oxidation sites excluding steroid dienone is 1. The van der Waals surface area contributed by atoms with Gasteiger partial charge in [0.15, 0.2) is 0 Å². The monoisotopic (exact) mass is 618 g/mol. The van der Waals surface area contributed by atoms with E-state index in [-0.39, 0.29) is 17.9 Å². The van der Waals surface area contributed by atoms with Crippen molar-refractivity contribution in [1.29, 1.82) is 0 Å². The molecule has 11 nitrogen and oxygen atoms in total. The van der Waals surface area contributed by atoms with Crippen LogP contribution in [0.3, 0.4) is 0 Å². The third-order valence-corrected chi connectivity index (χ3v) is 7.93. The molecule has 4 N–H and O–H groups in total. The van der Waals surface area contributed by atoms with Gasteiger partial charge in [-0.05, 0) is 75.3 Å². The average molecular weight is 619 g/mol. The summed E-state index contributed by atoms with van der Waals surface area (Å²) < 4.78 is 5.37. The van der Waals surface area contributed by atoms with Crippen molar-refractivity contribution in [2.75, 3.05) is 13.7 Å². The predicted molar refractivity (Wildman–Crippen MR) is 175 cm³/mol. The number of aromatic nitrogens is 1. The van der Waals surface area contributed by atoms with Crippen LogP contribution < -0.4 is 21.4 Å². The van der Waals surface area contributed by atoms with E-state index in [1.807, 2.05) is 38.1 Å². The summed E-state index contributed by atoms with van der Waals surface area (Å²) in [6, 6.07) is 5.02. The van der Waals surface area contributed by atoms with Crippen molar-refractivity contribution in [3.8, 4) is 0 Å². The maximum atomic E-state index is 13.3. The first-order valence-corrected chi connectivity index (χ1v) is 15.2. The zero-order valence-electron chi connectivity index (χ0n) is 27.1. The van der Waals surface area contributed by atoms with Gasteiger partial charge in [-0.3, -0.25) is 29.2 Å². The number of carbonyl (C=O) groups excluding carboxylic acids is 4. The standard InChI is InChI=1S/C34H46N6O5/c1-9-12-29(45-8)21(5)31(41)38-30(20(3)4)33(43)37-23(7)34(44)40-16-11-13-28(39-40)32(42)36-22(6)24-14-15-25-19-35-27(10-2)18-26(25)17-24/h9-10,12,14-15,17-19,21-23,28-30,39H,2-3,11,13,16H2,1,4-8H3,(H,36,42)(H,37,43)(H,38,41)/b12-9+/t21-,22-,23+,28+,29-,30+/m1/s1. The van der Waals surface area contributed by atoms with Crippen LogP contribution in [0.1, 0.15) is 64.8 Å². The lowest BCUT2D eigenvalue weighted by atomic mass is 10.0. The van der Waals surface area contributed by atoms with E-state index in [1.54, 1.807) is 45.2 Å². The number of ether oxygens (including phenoxy) is 1. The molecule has 1 aliphatic rings. The highest BCUT2D eigenvalue weighted by atomic mass is 16.5. The SMILES string of the molecule is C=Cc1cc2cc([C@@H](C)NC(=O)[C@@H]3CCCN(C(=O)[C@H](C)NC(=O)[C@@H](NC(=O)[C@H](C)[C@@H](/C=C/C)OC)C(=C)C)N3)ccc2cn1. The molecule has 0 saturated carbocycles. The maximum Gasteiger partial charge on any atom is 0.258 e. The molecule has 0 radical (unpaired) electrons. The minimum absolute atomic E-state index is 0.232. The van der Waals surface area contributed by atoms with Gasteiger partial charge < -0.3 is 20.7 Å². The quantitative estimate of drug-likeness (QED) is 0.252. The van der Waals surface area contributed by atoms with Crippen molar-refractivity contribution in [3.05, 3.63) is 72.6 Å². The first kappa shape index (κ1) is 35.1. The molecule has 1 fully saturated rings. The molecule has 45 heavy (non-hydrogen) atoms. The summed E-state index contributed by atoms with van der Waals surface area (Å²) in [5, 5.41) is 11.8. The smallest absolute Gasteiger partial charge is 0.258 e. The zero-order valence-corrected chi connectivity index (χ0v) is 27.1. The van der Waals surface area contributed by atoms with Gasteiger partial charge in [-0.2, -0.15) is 0 Å². The molecule has 0 aliphatic carbocycles. The molecule has 2 heterocycles. The Hall–Kier alpha value is -4.35. The number of hydrogen-bond donors (Lipinski definition) is 4. The number of methoxy groups -OCH3 is 1. The predicted octanol–water partition coefficient (Wildman–Crippen LogP) is 3.34. The first-order valence-electron chi connectivity index (χ1n) is 15.2. The Labute approximate surface area is 265 Å². The van der Waals surface area contributed by atoms with Crippen LogP contribution >= 0.6 is 0 Å². The van der Waals surface area contributed by atoms with Crippen molar-refractivity contribution >= 4 is 40.5 Å². The van der Waals surface area contributed by atoms with E-state index in [1.165, 1.54) is 12.1 Å². The highest BCUT2D eigenvalue weighted by molar-refractivity contribution is 5.94. The molecule has 1 aromatic carbocycles. The summed E-state index contributed by atoms with van der Waals surface area (Å²) in [6.07, 6.45) is 7.73. The molecule has 1 saturated heterocycles. The normalized spacial score (nSPS) is 18.4. The van der Waals surface area contributed by atoms with E-state index < -0.39 is 42.0 Å². The van der Waals surface area contributed by atoms with E-state index in [2.05, 4.69) is 39.5 Å². The fourth-order valence-corrected chi connectivity index (χ4v) is 5.16. The van der Waals surface area contributed by atoms with Crippen LogP contribution in [0.5, 0.6) is 0 Å². The number of benzene rings is 1. The van der Waals surface area contributed by atoms with Gasteiger partial charge in [0, 0.05) is 25.2 Å². The lowest BCUT2D eigenvalue weighted by Gasteiger charge is -2.35. The van der Waals surface area contributed by atoms with Gasteiger partial charge in [0.2, 0.25) is 17.7 Å². The summed E-state index contributed by atoms with van der Waals surface area (Å²) in [6.45, 7) is 16.6. The number of pyridine rings is 1. The van der Waals surface area contributed by atoms with Gasteiger partial charge in [0.05, 0.1) is 23.8 Å². The molecular formula is C34H46N6O5. The Balaban J connectivity index is 1.59. The van der Waals surface area contributed by atoms with Gasteiger partial charge >= 0.3 is 0 Å². The highest BCUT2D eigenvalue weighted by Gasteiger charge is 2.33. The van der Waals surface area contributed by atoms with Crippen LogP contribution in [0.25, 0.3) is 16.8 Å². The van der Waals surface area contributed by atoms with Gasteiger partial charge in [-0.25, -0.2) is 5.43 Å². The Kier molecular flexibility index (Phi) is 12.6. The van der Waals surface area contributed by atoms with Gasteiger partial charge in [0.25, 0.3) is 5.91 Å². The Bertz CT molecular complexity index is 1460. The lowest BCUT2D eigenvalue weighted by molar-refractivity contribution is -0.143. The molecule has 0 bridgehead atoms. The van der Waals surface area contributed by atoms with Crippen molar-refractivity contribution in [2.45, 2.75) is 77.7 Å². The molecule has 0 unspecified atom stereocenters. The van der Waals surface area contributed by atoms with E-state index in [0.29, 0.717) is 25.0 Å². The summed E-state index contributed by atoms with van der Waals surface area (Å²) in [5.41, 5.74) is 5.15. The topological polar surface area (TPSA) is 142 Å². The number of hydrogen-bond acceptors (Lipinski definition) is 7. The first-order chi connectivity index (χ1) is 21.4. The minimum Gasteiger partial charge on any atom is -0.377 e. The van der Waals surface area contributed by atoms with Crippen LogP contribution in [0, 0.1) is 5.92 Å². The largest absolute Gasteiger partial charge is 0.377 e. The molecule has 4 amide bonds. The molecule has 11 heteroatoms. The number of carbonyl (C=O) groups is 4. The number of hydrazine groups is 1. The van der Waals surface area contributed by atoms with E-state index in [0.717, 1.165) is 22.0 Å². The number of fused-ring (bicyclic) bond motifs is 1. The summed E-state index contributed by atoms with van der Waals surface area (Å²) in [4.78, 5) is 56.9. The Morgan fingerprint density at radius 2 is 1.82 bits per heavy atom. The van der Waals surface area contributed by atoms with E-state index in [9.17, 15) is 19.2 Å². The molecule has 242 valence electrons. The van der Waals surface area contributed by atoms with Crippen LogP contribution in [-0.2, 0) is 23.9 Å². The Morgan fingerprint density at radius 1 is 1.09 bits per heavy atom. The van der Waals surface area contributed by atoms with Crippen LogP contribution in [-0.4, -0.2) is 71.5 Å². The average Bonchev–Trinajstić information content (AvgIpc) is 3.04. The zero-order chi connectivity index (χ0) is 33.3. The third-order valence-electron chi connectivity index (χ3n) is 7.93. The number of rotatable bonds is 13. The lowest BCUT2D eigenvalue weighted by Crippen LogP contribution is -2.61. The minimum atomic E-state index is -1.04. The van der Waals surface area contributed by atoms with Crippen LogP contribution in [0.4, 0.5) is 0 Å². The van der Waals surface area contributed by atoms with Gasteiger partial charge in [0.1, 0.15) is 18.1 Å². The van der Waals surface area contributed by atoms with Crippen molar-refractivity contribution in [2.24, 2.45) is 5.92 Å². The van der Waals surface area contributed by atoms with Gasteiger partial charge in [-0.15, -0.1) is 0 Å². The summed E-state index contributed by atoms with van der Waals surface area (Å²) >= 11 is 0. The molecule has 1 aliphatic heterocycles. The molecular weight excluding hydrogens is 572 g/mol. The number of amides is 4. The van der Waals surface area contributed by atoms with Crippen LogP contribution in [0.15, 0.2) is 61.3 Å². The van der Waals surface area contributed by atoms with Crippen molar-refractivity contribution in [1.82, 2.24) is 31.4 Å². The number of nitrogens with one attached hydrogen (secondary N) is 4. The highest BCUT2D eigenvalue weighted by Crippen LogP contribution is 2.22. The maximum absolute atomic E-state index is 13.3. The second-order valence-electron chi connectivity index (χ2n) is 11.5. The fraction of sp³-hybridized carbons (Fsp3) is 0.441. The second-order valence-corrected chi connectivity index (χ2v) is 11.5. The molecule has 1 aromatic heterocycles. The summed E-state index contributed by atoms with van der Waals surface area (Å²) in [7, 11) is 1.51. The number of nitrogens with zero attached hydrogens (tertiary/aromatic N) is 2. The van der Waals surface area contributed by atoms with E-state index >= 15 is 0 Å². The Morgan fingerprint density at radius 3 is 2.47 bits per heavy atom. The van der Waals surface area contributed by atoms with E-state index in [4.69, 9.17) is 4.74 Å². The second kappa shape index (κ2) is 16.1. The molecule has 2 aromatic rings. The van der Waals surface area contributed by atoms with Crippen molar-refractivity contribution in [3.63, 3.8) is 0 Å².